The molecule has 0 bridgehead atoms. The van der Waals surface area contributed by atoms with Crippen LogP contribution in [0.5, 0.6) is 0 Å². The van der Waals surface area contributed by atoms with Gasteiger partial charge in [-0.25, -0.2) is 0 Å². The van der Waals surface area contributed by atoms with Crippen LogP contribution < -0.4 is 5.32 Å². The first-order valence-electron chi connectivity index (χ1n) is 8.33. The molecular formula is C19H23N3O3. The van der Waals surface area contributed by atoms with Gasteiger partial charge in [0.25, 0.3) is 5.91 Å². The van der Waals surface area contributed by atoms with Crippen LogP contribution in [0.4, 0.5) is 0 Å². The molecule has 0 fully saturated rings. The van der Waals surface area contributed by atoms with E-state index in [0.29, 0.717) is 5.56 Å². The van der Waals surface area contributed by atoms with E-state index in [9.17, 15) is 9.90 Å². The van der Waals surface area contributed by atoms with Crippen molar-refractivity contribution in [2.24, 2.45) is 13.0 Å². The quantitative estimate of drug-likeness (QED) is 0.747. The third-order valence-corrected chi connectivity index (χ3v) is 4.42. The monoisotopic (exact) mass is 341 g/mol. The highest BCUT2D eigenvalue weighted by molar-refractivity contribution is 5.84. The van der Waals surface area contributed by atoms with Crippen molar-refractivity contribution in [1.82, 2.24) is 15.1 Å². The van der Waals surface area contributed by atoms with Crippen molar-refractivity contribution in [3.05, 3.63) is 53.5 Å². The number of hydrogen-bond donors (Lipinski definition) is 2. The number of furan rings is 1. The lowest BCUT2D eigenvalue weighted by Gasteiger charge is -2.22. The van der Waals surface area contributed by atoms with Crippen molar-refractivity contribution in [3.8, 4) is 0 Å². The number of nitrogens with zero attached hydrogens (tertiary/aromatic N) is 2. The summed E-state index contributed by atoms with van der Waals surface area (Å²) in [6.45, 7) is 6.00. The molecule has 25 heavy (non-hydrogen) atoms. The lowest BCUT2D eigenvalue weighted by molar-refractivity contribution is -0.130. The molecule has 0 aliphatic heterocycles. The van der Waals surface area contributed by atoms with E-state index >= 15 is 0 Å². The van der Waals surface area contributed by atoms with E-state index in [-0.39, 0.29) is 12.0 Å². The predicted molar refractivity (Wildman–Crippen MR) is 94.8 cm³/mol. The number of para-hydroxylation sites is 1. The summed E-state index contributed by atoms with van der Waals surface area (Å²) < 4.78 is 7.55. The van der Waals surface area contributed by atoms with Crippen molar-refractivity contribution < 1.29 is 14.3 Å². The highest BCUT2D eigenvalue weighted by atomic mass is 16.3. The van der Waals surface area contributed by atoms with E-state index in [0.717, 1.165) is 22.3 Å². The van der Waals surface area contributed by atoms with Crippen LogP contribution in [0, 0.1) is 12.8 Å². The molecule has 2 aromatic heterocycles. The summed E-state index contributed by atoms with van der Waals surface area (Å²) in [5, 5.41) is 18.2. The predicted octanol–water partition coefficient (Wildman–Crippen LogP) is 3.02. The van der Waals surface area contributed by atoms with Crippen molar-refractivity contribution in [2.75, 3.05) is 0 Å². The zero-order chi connectivity index (χ0) is 18.1. The van der Waals surface area contributed by atoms with Gasteiger partial charge in [-0.05, 0) is 18.9 Å². The minimum absolute atomic E-state index is 0.101. The van der Waals surface area contributed by atoms with Gasteiger partial charge in [-0.3, -0.25) is 9.48 Å². The Morgan fingerprint density at radius 2 is 2.04 bits per heavy atom. The molecule has 0 unspecified atom stereocenters. The molecule has 1 aromatic carbocycles. The van der Waals surface area contributed by atoms with Gasteiger partial charge in [0.05, 0.1) is 12.2 Å². The number of nitrogens with one attached hydrogen (secondary N) is 1. The number of benzene rings is 1. The van der Waals surface area contributed by atoms with Gasteiger partial charge >= 0.3 is 0 Å². The molecule has 0 aliphatic carbocycles. The van der Waals surface area contributed by atoms with Gasteiger partial charge in [0, 0.05) is 29.8 Å². The molecule has 0 saturated carbocycles. The number of rotatable bonds is 5. The Labute approximate surface area is 146 Å². The van der Waals surface area contributed by atoms with Crippen LogP contribution >= 0.6 is 0 Å². The van der Waals surface area contributed by atoms with Gasteiger partial charge in [0.1, 0.15) is 11.3 Å². The summed E-state index contributed by atoms with van der Waals surface area (Å²) in [5.74, 6) is 0.360. The van der Waals surface area contributed by atoms with E-state index < -0.39 is 12.0 Å². The summed E-state index contributed by atoms with van der Waals surface area (Å²) in [4.78, 5) is 12.5. The van der Waals surface area contributed by atoms with Gasteiger partial charge in [-0.15, -0.1) is 0 Å². The van der Waals surface area contributed by atoms with Crippen LogP contribution in [0.25, 0.3) is 11.0 Å². The lowest BCUT2D eigenvalue weighted by Crippen LogP contribution is -2.35. The molecule has 3 aromatic rings. The molecule has 0 radical (unpaired) electrons. The van der Waals surface area contributed by atoms with Crippen molar-refractivity contribution in [1.29, 1.82) is 0 Å². The van der Waals surface area contributed by atoms with E-state index in [4.69, 9.17) is 4.42 Å². The number of aromatic nitrogens is 2. The minimum atomic E-state index is -1.26. The Kier molecular flexibility index (Phi) is 4.63. The van der Waals surface area contributed by atoms with Crippen LogP contribution in [0.3, 0.4) is 0 Å². The first kappa shape index (κ1) is 17.2. The molecule has 3 rings (SSSR count). The number of carbonyl (C=O) groups excluding carboxylic acids is 1. The van der Waals surface area contributed by atoms with Crippen LogP contribution in [-0.4, -0.2) is 20.8 Å². The number of amides is 1. The molecule has 0 saturated heterocycles. The second-order valence-electron chi connectivity index (χ2n) is 6.67. The fraction of sp³-hybridized carbons (Fsp3) is 0.368. The standard InChI is InChI=1S/C19H23N3O3/c1-11(2)16(18-12(3)14-7-5-6-8-15(14)25-18)21-19(24)17(23)13-9-20-22(4)10-13/h5-11,16-17,23H,1-4H3,(H,21,24)/t16-,17-/m0/s1. The molecule has 2 heterocycles. The average molecular weight is 341 g/mol. The SMILES string of the molecule is Cc1c([C@@H](NC(=O)[C@@H](O)c2cnn(C)c2)C(C)C)oc2ccccc12. The third kappa shape index (κ3) is 3.30. The van der Waals surface area contributed by atoms with Gasteiger partial charge < -0.3 is 14.8 Å². The molecule has 1 amide bonds. The smallest absolute Gasteiger partial charge is 0.254 e. The average Bonchev–Trinajstić information content (AvgIpc) is 3.16. The van der Waals surface area contributed by atoms with E-state index in [2.05, 4.69) is 10.4 Å². The maximum Gasteiger partial charge on any atom is 0.254 e. The van der Waals surface area contributed by atoms with Gasteiger partial charge in [0.2, 0.25) is 0 Å². The van der Waals surface area contributed by atoms with Crippen LogP contribution in [0.15, 0.2) is 41.1 Å². The molecular weight excluding hydrogens is 318 g/mol. The van der Waals surface area contributed by atoms with Crippen molar-refractivity contribution in [2.45, 2.75) is 32.9 Å². The Hall–Kier alpha value is -2.60. The summed E-state index contributed by atoms with van der Waals surface area (Å²) in [5.41, 5.74) is 2.26. The molecule has 132 valence electrons. The molecule has 0 spiro atoms. The normalized spacial score (nSPS) is 14.0. The van der Waals surface area contributed by atoms with Crippen molar-refractivity contribution >= 4 is 16.9 Å². The fourth-order valence-electron chi connectivity index (χ4n) is 2.99. The summed E-state index contributed by atoms with van der Waals surface area (Å²) in [6.07, 6.45) is 1.85. The van der Waals surface area contributed by atoms with Crippen LogP contribution in [0.1, 0.15) is 42.9 Å². The molecule has 2 N–H and O–H groups in total. The number of fused-ring (bicyclic) bond motifs is 1. The summed E-state index contributed by atoms with van der Waals surface area (Å²) >= 11 is 0. The highest BCUT2D eigenvalue weighted by Gasteiger charge is 2.28. The maximum absolute atomic E-state index is 12.5. The van der Waals surface area contributed by atoms with E-state index in [1.165, 1.54) is 6.20 Å². The highest BCUT2D eigenvalue weighted by Crippen LogP contribution is 2.33. The Morgan fingerprint density at radius 1 is 1.32 bits per heavy atom. The van der Waals surface area contributed by atoms with Gasteiger partial charge in [0.15, 0.2) is 6.10 Å². The zero-order valence-corrected chi connectivity index (χ0v) is 14.9. The zero-order valence-electron chi connectivity index (χ0n) is 14.9. The molecule has 0 aliphatic rings. The minimum Gasteiger partial charge on any atom is -0.459 e. The Morgan fingerprint density at radius 3 is 2.64 bits per heavy atom. The number of aliphatic hydroxyl groups excluding tert-OH is 1. The first-order valence-corrected chi connectivity index (χ1v) is 8.33. The maximum atomic E-state index is 12.5. The lowest BCUT2D eigenvalue weighted by atomic mass is 9.97. The number of hydrogen-bond acceptors (Lipinski definition) is 4. The van der Waals surface area contributed by atoms with Gasteiger partial charge in [-0.2, -0.15) is 5.10 Å². The Bertz CT molecular complexity index is 894. The summed E-state index contributed by atoms with van der Waals surface area (Å²) in [7, 11) is 1.74. The van der Waals surface area contributed by atoms with E-state index in [1.54, 1.807) is 17.9 Å². The second-order valence-corrected chi connectivity index (χ2v) is 6.67. The van der Waals surface area contributed by atoms with Crippen molar-refractivity contribution in [3.63, 3.8) is 0 Å². The number of aryl methyl sites for hydroxylation is 2. The Balaban J connectivity index is 1.88. The molecule has 6 heteroatoms. The van der Waals surface area contributed by atoms with Crippen LogP contribution in [-0.2, 0) is 11.8 Å². The van der Waals surface area contributed by atoms with E-state index in [1.807, 2.05) is 45.0 Å². The fourth-order valence-corrected chi connectivity index (χ4v) is 2.99. The third-order valence-electron chi connectivity index (χ3n) is 4.42. The largest absolute Gasteiger partial charge is 0.459 e. The second kappa shape index (κ2) is 6.72. The summed E-state index contributed by atoms with van der Waals surface area (Å²) in [6, 6.07) is 7.47. The first-order chi connectivity index (χ1) is 11.9. The van der Waals surface area contributed by atoms with Gasteiger partial charge in [-0.1, -0.05) is 32.0 Å². The number of carbonyl (C=O) groups is 1. The molecule has 6 nitrogen and oxygen atoms in total. The van der Waals surface area contributed by atoms with Crippen LogP contribution in [0.2, 0.25) is 0 Å². The number of aliphatic hydroxyl groups is 1. The topological polar surface area (TPSA) is 80.3 Å². The molecule has 2 atom stereocenters.